The third kappa shape index (κ3) is 5.71. The van der Waals surface area contributed by atoms with Crippen LogP contribution in [-0.4, -0.2) is 67.0 Å². The summed E-state index contributed by atoms with van der Waals surface area (Å²) < 4.78 is 30.4. The molecule has 1 saturated heterocycles. The summed E-state index contributed by atoms with van der Waals surface area (Å²) in [4.78, 5) is 14.5. The van der Waals surface area contributed by atoms with Crippen molar-refractivity contribution in [3.63, 3.8) is 0 Å². The minimum Gasteiger partial charge on any atom is -0.416 e. The van der Waals surface area contributed by atoms with Crippen LogP contribution in [0.3, 0.4) is 0 Å². The highest BCUT2D eigenvalue weighted by molar-refractivity contribution is 7.99. The molecule has 2 aromatic rings. The number of amides is 1. The summed E-state index contributed by atoms with van der Waals surface area (Å²) in [5, 5.41) is 11.2. The molecule has 0 spiro atoms. The maximum absolute atomic E-state index is 12.4. The van der Waals surface area contributed by atoms with E-state index in [9.17, 15) is 13.2 Å². The molecule has 29 heavy (non-hydrogen) atoms. The first-order valence-corrected chi connectivity index (χ1v) is 12.1. The molecule has 0 unspecified atom stereocenters. The van der Waals surface area contributed by atoms with Gasteiger partial charge < -0.3 is 14.6 Å². The van der Waals surface area contributed by atoms with E-state index in [2.05, 4.69) is 20.4 Å². The predicted octanol–water partition coefficient (Wildman–Crippen LogP) is 2.01. The van der Waals surface area contributed by atoms with Crippen LogP contribution in [0, 0.1) is 0 Å². The zero-order valence-corrected chi connectivity index (χ0v) is 18.3. The van der Waals surface area contributed by atoms with Crippen LogP contribution in [0.15, 0.2) is 33.9 Å². The molecule has 1 aromatic heterocycles. The van der Waals surface area contributed by atoms with Gasteiger partial charge in [-0.15, -0.1) is 10.2 Å². The van der Waals surface area contributed by atoms with Gasteiger partial charge in [-0.2, -0.15) is 4.31 Å². The SMILES string of the molecule is CC(C)c1nnc(SCC(=O)Nc2ccccc2N2CCN(S(C)(=O)=O)CC2)o1. The second-order valence-corrected chi connectivity index (χ2v) is 9.97. The van der Waals surface area contributed by atoms with Crippen molar-refractivity contribution in [2.24, 2.45) is 0 Å². The summed E-state index contributed by atoms with van der Waals surface area (Å²) in [6.07, 6.45) is 1.22. The van der Waals surface area contributed by atoms with Crippen molar-refractivity contribution in [1.29, 1.82) is 0 Å². The first-order chi connectivity index (χ1) is 13.7. The van der Waals surface area contributed by atoms with Gasteiger partial charge >= 0.3 is 0 Å². The van der Waals surface area contributed by atoms with Crippen molar-refractivity contribution in [2.45, 2.75) is 25.0 Å². The highest BCUT2D eigenvalue weighted by Gasteiger charge is 2.24. The molecule has 9 nitrogen and oxygen atoms in total. The van der Waals surface area contributed by atoms with E-state index in [1.807, 2.05) is 38.1 Å². The number of benzene rings is 1. The molecule has 1 aromatic carbocycles. The molecular formula is C18H25N5O4S2. The van der Waals surface area contributed by atoms with Crippen LogP contribution in [-0.2, 0) is 14.8 Å². The van der Waals surface area contributed by atoms with E-state index >= 15 is 0 Å². The zero-order valence-electron chi connectivity index (χ0n) is 16.7. The number of anilines is 2. The summed E-state index contributed by atoms with van der Waals surface area (Å²) in [6.45, 7) is 5.89. The maximum atomic E-state index is 12.4. The van der Waals surface area contributed by atoms with Crippen molar-refractivity contribution >= 4 is 39.1 Å². The lowest BCUT2D eigenvalue weighted by atomic mass is 10.2. The van der Waals surface area contributed by atoms with Gasteiger partial charge in [-0.05, 0) is 12.1 Å². The lowest BCUT2D eigenvalue weighted by Gasteiger charge is -2.35. The Balaban J connectivity index is 1.59. The van der Waals surface area contributed by atoms with E-state index in [-0.39, 0.29) is 17.6 Å². The van der Waals surface area contributed by atoms with E-state index in [1.165, 1.54) is 22.3 Å². The molecule has 0 bridgehead atoms. The van der Waals surface area contributed by atoms with Gasteiger partial charge in [-0.3, -0.25) is 4.79 Å². The molecule has 1 N–H and O–H groups in total. The quantitative estimate of drug-likeness (QED) is 0.653. The number of para-hydroxylation sites is 2. The van der Waals surface area contributed by atoms with E-state index in [0.717, 1.165) is 5.69 Å². The normalized spacial score (nSPS) is 15.7. The average molecular weight is 440 g/mol. The summed E-state index contributed by atoms with van der Waals surface area (Å²) in [6, 6.07) is 7.51. The van der Waals surface area contributed by atoms with Crippen LogP contribution in [0.5, 0.6) is 0 Å². The average Bonchev–Trinajstić information content (AvgIpc) is 3.16. The minimum absolute atomic E-state index is 0.140. The molecule has 158 valence electrons. The third-order valence-electron chi connectivity index (χ3n) is 4.47. The van der Waals surface area contributed by atoms with E-state index in [0.29, 0.717) is 43.0 Å². The molecule has 2 heterocycles. The van der Waals surface area contributed by atoms with E-state index in [1.54, 1.807) is 0 Å². The van der Waals surface area contributed by atoms with Gasteiger partial charge in [0.1, 0.15) is 0 Å². The van der Waals surface area contributed by atoms with Crippen LogP contribution in [0.2, 0.25) is 0 Å². The number of aromatic nitrogens is 2. The first-order valence-electron chi connectivity index (χ1n) is 9.29. The molecule has 1 aliphatic rings. The molecule has 0 radical (unpaired) electrons. The van der Waals surface area contributed by atoms with Crippen LogP contribution < -0.4 is 10.2 Å². The number of carbonyl (C=O) groups excluding carboxylic acids is 1. The maximum Gasteiger partial charge on any atom is 0.277 e. The monoisotopic (exact) mass is 439 g/mol. The number of rotatable bonds is 7. The van der Waals surface area contributed by atoms with Crippen LogP contribution in [0.25, 0.3) is 0 Å². The van der Waals surface area contributed by atoms with Gasteiger partial charge in [0.25, 0.3) is 5.22 Å². The van der Waals surface area contributed by atoms with Gasteiger partial charge in [0, 0.05) is 32.1 Å². The lowest BCUT2D eigenvalue weighted by molar-refractivity contribution is -0.113. The largest absolute Gasteiger partial charge is 0.416 e. The molecular weight excluding hydrogens is 414 g/mol. The lowest BCUT2D eigenvalue weighted by Crippen LogP contribution is -2.48. The standard InChI is InChI=1S/C18H25N5O4S2/c1-13(2)17-20-21-18(27-17)28-12-16(24)19-14-6-4-5-7-15(14)22-8-10-23(11-9-22)29(3,25)26/h4-7,13H,8-12H2,1-3H3,(H,19,24). The molecule has 11 heteroatoms. The summed E-state index contributed by atoms with van der Waals surface area (Å²) in [7, 11) is -3.18. The number of sulfonamides is 1. The summed E-state index contributed by atoms with van der Waals surface area (Å²) >= 11 is 1.19. The van der Waals surface area contributed by atoms with Gasteiger partial charge in [0.2, 0.25) is 21.8 Å². The highest BCUT2D eigenvalue weighted by Crippen LogP contribution is 2.27. The van der Waals surface area contributed by atoms with E-state index in [4.69, 9.17) is 4.42 Å². The summed E-state index contributed by atoms with van der Waals surface area (Å²) in [5.41, 5.74) is 1.57. The fourth-order valence-corrected chi connectivity index (χ4v) is 4.34. The smallest absolute Gasteiger partial charge is 0.277 e. The molecule has 1 aliphatic heterocycles. The van der Waals surface area contributed by atoms with Crippen molar-refractivity contribution in [3.05, 3.63) is 30.2 Å². The first kappa shape index (κ1) is 21.6. The number of hydrogen-bond donors (Lipinski definition) is 1. The number of thioether (sulfide) groups is 1. The van der Waals surface area contributed by atoms with Crippen molar-refractivity contribution in [2.75, 3.05) is 48.4 Å². The third-order valence-corrected chi connectivity index (χ3v) is 6.59. The Hall–Kier alpha value is -2.11. The zero-order chi connectivity index (χ0) is 21.0. The Morgan fingerprint density at radius 3 is 2.52 bits per heavy atom. The van der Waals surface area contributed by atoms with Gasteiger partial charge in [-0.1, -0.05) is 37.7 Å². The van der Waals surface area contributed by atoms with Crippen molar-refractivity contribution in [3.8, 4) is 0 Å². The molecule has 0 saturated carbocycles. The summed E-state index contributed by atoms with van der Waals surface area (Å²) in [5.74, 6) is 0.657. The Labute approximate surface area is 174 Å². The highest BCUT2D eigenvalue weighted by atomic mass is 32.2. The number of carbonyl (C=O) groups is 1. The van der Waals surface area contributed by atoms with Gasteiger partial charge in [-0.25, -0.2) is 8.42 Å². The van der Waals surface area contributed by atoms with E-state index < -0.39 is 10.0 Å². The number of nitrogens with one attached hydrogen (secondary N) is 1. The fourth-order valence-electron chi connectivity index (χ4n) is 2.94. The topological polar surface area (TPSA) is 109 Å². The molecule has 3 rings (SSSR count). The number of piperazine rings is 1. The van der Waals surface area contributed by atoms with Gasteiger partial charge in [0.05, 0.1) is 23.4 Å². The Morgan fingerprint density at radius 1 is 1.21 bits per heavy atom. The van der Waals surface area contributed by atoms with Crippen molar-refractivity contribution in [1.82, 2.24) is 14.5 Å². The number of nitrogens with zero attached hydrogens (tertiary/aromatic N) is 4. The van der Waals surface area contributed by atoms with Crippen LogP contribution in [0.4, 0.5) is 11.4 Å². The minimum atomic E-state index is -3.18. The Bertz CT molecular complexity index is 953. The molecule has 1 amide bonds. The Morgan fingerprint density at radius 2 is 1.90 bits per heavy atom. The van der Waals surface area contributed by atoms with Crippen LogP contribution >= 0.6 is 11.8 Å². The second-order valence-electron chi connectivity index (χ2n) is 7.06. The molecule has 0 aliphatic carbocycles. The van der Waals surface area contributed by atoms with Gasteiger partial charge in [0.15, 0.2) is 0 Å². The molecule has 1 fully saturated rings. The van der Waals surface area contributed by atoms with Crippen molar-refractivity contribution < 1.29 is 17.6 Å². The predicted molar refractivity (Wildman–Crippen MR) is 113 cm³/mol. The number of hydrogen-bond acceptors (Lipinski definition) is 8. The Kier molecular flexibility index (Phi) is 6.81. The second kappa shape index (κ2) is 9.14. The molecule has 0 atom stereocenters. The fraction of sp³-hybridized carbons (Fsp3) is 0.500. The van der Waals surface area contributed by atoms with Crippen LogP contribution in [0.1, 0.15) is 25.7 Å².